The van der Waals surface area contributed by atoms with Gasteiger partial charge in [-0.15, -0.1) is 0 Å². The van der Waals surface area contributed by atoms with Gasteiger partial charge in [0.25, 0.3) is 0 Å². The molecule has 132 valence electrons. The van der Waals surface area contributed by atoms with Crippen molar-refractivity contribution in [2.24, 2.45) is 0 Å². The van der Waals surface area contributed by atoms with Crippen LogP contribution in [0.2, 0.25) is 0 Å². The first-order chi connectivity index (χ1) is 11.8. The Balaban J connectivity index is 2.05. The molecule has 7 heteroatoms. The van der Waals surface area contributed by atoms with E-state index in [0.717, 1.165) is 6.07 Å². The van der Waals surface area contributed by atoms with Crippen molar-refractivity contribution < 1.29 is 23.8 Å². The van der Waals surface area contributed by atoms with Crippen LogP contribution in [-0.4, -0.2) is 24.0 Å². The van der Waals surface area contributed by atoms with Crippen molar-refractivity contribution in [3.63, 3.8) is 0 Å². The largest absolute Gasteiger partial charge is 0.508 e. The van der Waals surface area contributed by atoms with Crippen molar-refractivity contribution in [3.8, 4) is 11.5 Å². The van der Waals surface area contributed by atoms with Gasteiger partial charge in [0, 0.05) is 11.3 Å². The van der Waals surface area contributed by atoms with Crippen LogP contribution >= 0.6 is 0 Å². The van der Waals surface area contributed by atoms with E-state index < -0.39 is 23.7 Å². The van der Waals surface area contributed by atoms with Crippen LogP contribution in [0.15, 0.2) is 36.4 Å². The predicted octanol–water partition coefficient (Wildman–Crippen LogP) is 2.66. The first kappa shape index (κ1) is 18.3. The molecule has 0 saturated carbocycles. The number of carbonyl (C=O) groups excluding carboxylic acids is 2. The summed E-state index contributed by atoms with van der Waals surface area (Å²) in [5, 5.41) is 14.7. The molecule has 1 atom stereocenters. The lowest BCUT2D eigenvalue weighted by Crippen LogP contribution is -2.37. The van der Waals surface area contributed by atoms with E-state index in [1.807, 2.05) is 0 Å². The van der Waals surface area contributed by atoms with Crippen molar-refractivity contribution in [1.82, 2.24) is 5.32 Å². The van der Waals surface area contributed by atoms with Gasteiger partial charge in [0.05, 0.1) is 13.2 Å². The highest BCUT2D eigenvalue weighted by atomic mass is 19.1. The molecule has 0 bridgehead atoms. The van der Waals surface area contributed by atoms with Crippen molar-refractivity contribution in [2.75, 3.05) is 12.4 Å². The van der Waals surface area contributed by atoms with Gasteiger partial charge in [0.2, 0.25) is 0 Å². The van der Waals surface area contributed by atoms with Gasteiger partial charge >= 0.3 is 11.8 Å². The van der Waals surface area contributed by atoms with Crippen LogP contribution in [0.4, 0.5) is 10.1 Å². The van der Waals surface area contributed by atoms with E-state index in [4.69, 9.17) is 4.74 Å². The number of aromatic hydroxyl groups is 1. The molecule has 6 nitrogen and oxygen atoms in total. The number of halogens is 1. The number of nitrogens with one attached hydrogen (secondary N) is 2. The number of amides is 2. The van der Waals surface area contributed by atoms with Crippen LogP contribution in [0.5, 0.6) is 11.5 Å². The van der Waals surface area contributed by atoms with Crippen LogP contribution < -0.4 is 15.4 Å². The van der Waals surface area contributed by atoms with Crippen LogP contribution in [-0.2, 0) is 9.59 Å². The molecule has 2 amide bonds. The standard InChI is InChI=1S/C18H19FN2O4/c1-10-4-5-12(8-15(10)19)21-18(24)17(23)20-11(2)14-9-13(25-3)6-7-16(14)22/h4-9,11,22H,1-3H3,(H,20,23)(H,21,24). The summed E-state index contributed by atoms with van der Waals surface area (Å²) in [6.07, 6.45) is 0. The van der Waals surface area contributed by atoms with E-state index in [0.29, 0.717) is 16.9 Å². The summed E-state index contributed by atoms with van der Waals surface area (Å²) in [4.78, 5) is 24.0. The van der Waals surface area contributed by atoms with Crippen molar-refractivity contribution in [1.29, 1.82) is 0 Å². The van der Waals surface area contributed by atoms with Gasteiger partial charge < -0.3 is 20.5 Å². The summed E-state index contributed by atoms with van der Waals surface area (Å²) in [5.74, 6) is -1.84. The maximum atomic E-state index is 13.5. The van der Waals surface area contributed by atoms with E-state index >= 15 is 0 Å². The van der Waals surface area contributed by atoms with Gasteiger partial charge in [-0.1, -0.05) is 6.07 Å². The Morgan fingerprint density at radius 2 is 1.88 bits per heavy atom. The van der Waals surface area contributed by atoms with Crippen LogP contribution in [0.25, 0.3) is 0 Å². The Morgan fingerprint density at radius 3 is 2.52 bits per heavy atom. The number of anilines is 1. The molecule has 0 aliphatic rings. The normalized spacial score (nSPS) is 11.5. The Bertz CT molecular complexity index is 808. The zero-order valence-electron chi connectivity index (χ0n) is 14.1. The summed E-state index contributed by atoms with van der Waals surface area (Å²) < 4.78 is 18.6. The molecule has 2 rings (SSSR count). The number of rotatable bonds is 4. The van der Waals surface area contributed by atoms with E-state index in [9.17, 15) is 19.1 Å². The van der Waals surface area contributed by atoms with Crippen LogP contribution in [0, 0.1) is 12.7 Å². The summed E-state index contributed by atoms with van der Waals surface area (Å²) >= 11 is 0. The molecular formula is C18H19FN2O4. The molecule has 1 unspecified atom stereocenters. The monoisotopic (exact) mass is 346 g/mol. The first-order valence-corrected chi connectivity index (χ1v) is 7.56. The topological polar surface area (TPSA) is 87.7 Å². The number of ether oxygens (including phenoxy) is 1. The minimum Gasteiger partial charge on any atom is -0.508 e. The fourth-order valence-electron chi connectivity index (χ4n) is 2.20. The molecule has 0 saturated heterocycles. The predicted molar refractivity (Wildman–Crippen MR) is 91.0 cm³/mol. The van der Waals surface area contributed by atoms with E-state index in [-0.39, 0.29) is 11.4 Å². The maximum absolute atomic E-state index is 13.5. The van der Waals surface area contributed by atoms with Gasteiger partial charge in [-0.3, -0.25) is 9.59 Å². The Morgan fingerprint density at radius 1 is 1.16 bits per heavy atom. The number of phenolic OH excluding ortho intramolecular Hbond substituents is 1. The van der Waals surface area contributed by atoms with Crippen molar-refractivity contribution >= 4 is 17.5 Å². The number of hydrogen-bond donors (Lipinski definition) is 3. The van der Waals surface area contributed by atoms with Gasteiger partial charge in [-0.2, -0.15) is 0 Å². The summed E-state index contributed by atoms with van der Waals surface area (Å²) in [5.41, 5.74) is 1.02. The van der Waals surface area contributed by atoms with E-state index in [2.05, 4.69) is 10.6 Å². The number of carbonyl (C=O) groups is 2. The van der Waals surface area contributed by atoms with Crippen molar-refractivity contribution in [3.05, 3.63) is 53.3 Å². The average molecular weight is 346 g/mol. The van der Waals surface area contributed by atoms with Crippen LogP contribution in [0.1, 0.15) is 24.1 Å². The van der Waals surface area contributed by atoms with E-state index in [1.165, 1.54) is 25.3 Å². The quantitative estimate of drug-likeness (QED) is 0.743. The Kier molecular flexibility index (Phi) is 5.59. The second kappa shape index (κ2) is 7.65. The van der Waals surface area contributed by atoms with Gasteiger partial charge in [-0.25, -0.2) is 4.39 Å². The zero-order valence-corrected chi connectivity index (χ0v) is 14.1. The summed E-state index contributed by atoms with van der Waals surface area (Å²) in [7, 11) is 1.48. The third kappa shape index (κ3) is 4.47. The average Bonchev–Trinajstić information content (AvgIpc) is 2.58. The van der Waals surface area contributed by atoms with Gasteiger partial charge in [-0.05, 0) is 49.7 Å². The minimum absolute atomic E-state index is 0.0328. The highest BCUT2D eigenvalue weighted by Gasteiger charge is 2.19. The number of benzene rings is 2. The maximum Gasteiger partial charge on any atom is 0.313 e. The fourth-order valence-corrected chi connectivity index (χ4v) is 2.20. The second-order valence-electron chi connectivity index (χ2n) is 5.54. The number of phenols is 1. The molecule has 0 aliphatic carbocycles. The lowest BCUT2D eigenvalue weighted by molar-refractivity contribution is -0.136. The molecule has 0 aromatic heterocycles. The Hall–Kier alpha value is -3.09. The Labute approximate surface area is 144 Å². The second-order valence-corrected chi connectivity index (χ2v) is 5.54. The molecular weight excluding hydrogens is 327 g/mol. The molecule has 0 aliphatic heterocycles. The molecule has 0 fully saturated rings. The van der Waals surface area contributed by atoms with E-state index in [1.54, 1.807) is 26.0 Å². The van der Waals surface area contributed by atoms with Crippen molar-refractivity contribution in [2.45, 2.75) is 19.9 Å². The molecule has 0 heterocycles. The highest BCUT2D eigenvalue weighted by molar-refractivity contribution is 6.39. The number of aryl methyl sites for hydroxylation is 1. The molecule has 2 aromatic rings. The number of hydrogen-bond acceptors (Lipinski definition) is 4. The summed E-state index contributed by atoms with van der Waals surface area (Å²) in [6.45, 7) is 3.21. The van der Waals surface area contributed by atoms with Gasteiger partial charge in [0.1, 0.15) is 17.3 Å². The molecule has 0 spiro atoms. The molecule has 2 aromatic carbocycles. The van der Waals surface area contributed by atoms with Crippen LogP contribution in [0.3, 0.4) is 0 Å². The lowest BCUT2D eigenvalue weighted by atomic mass is 10.1. The molecule has 0 radical (unpaired) electrons. The fraction of sp³-hybridized carbons (Fsp3) is 0.222. The highest BCUT2D eigenvalue weighted by Crippen LogP contribution is 2.28. The molecule has 3 N–H and O–H groups in total. The molecule has 25 heavy (non-hydrogen) atoms. The summed E-state index contributed by atoms with van der Waals surface area (Å²) in [6, 6.07) is 8.08. The zero-order chi connectivity index (χ0) is 18.6. The SMILES string of the molecule is COc1ccc(O)c(C(C)NC(=O)C(=O)Nc2ccc(C)c(F)c2)c1. The third-order valence-corrected chi connectivity index (χ3v) is 3.68. The smallest absolute Gasteiger partial charge is 0.313 e. The third-order valence-electron chi connectivity index (χ3n) is 3.68. The number of methoxy groups -OCH3 is 1. The first-order valence-electron chi connectivity index (χ1n) is 7.56. The minimum atomic E-state index is -0.933. The lowest BCUT2D eigenvalue weighted by Gasteiger charge is -2.16. The van der Waals surface area contributed by atoms with Gasteiger partial charge in [0.15, 0.2) is 0 Å².